The van der Waals surface area contributed by atoms with Gasteiger partial charge in [-0.25, -0.2) is 14.3 Å². The number of fused-ring (bicyclic) bond motifs is 1. The van der Waals surface area contributed by atoms with Crippen molar-refractivity contribution in [3.63, 3.8) is 0 Å². The Balaban J connectivity index is 1.56. The zero-order valence-corrected chi connectivity index (χ0v) is 19.8. The van der Waals surface area contributed by atoms with Crippen molar-refractivity contribution in [1.82, 2.24) is 19.9 Å². The smallest absolute Gasteiger partial charge is 0.407 e. The van der Waals surface area contributed by atoms with E-state index in [2.05, 4.69) is 26.4 Å². The van der Waals surface area contributed by atoms with Crippen LogP contribution in [0.3, 0.4) is 0 Å². The summed E-state index contributed by atoms with van der Waals surface area (Å²) in [6, 6.07) is 7.52. The molecule has 2 atom stereocenters. The number of alkyl carbamates (subject to hydrolysis) is 1. The van der Waals surface area contributed by atoms with Crippen LogP contribution in [0.4, 0.5) is 10.6 Å². The van der Waals surface area contributed by atoms with Crippen LogP contribution in [0.15, 0.2) is 36.8 Å². The summed E-state index contributed by atoms with van der Waals surface area (Å²) in [7, 11) is 1.59. The first-order valence-corrected chi connectivity index (χ1v) is 11.1. The molecule has 1 aliphatic heterocycles. The summed E-state index contributed by atoms with van der Waals surface area (Å²) in [5, 5.41) is 16.7. The quantitative estimate of drug-likeness (QED) is 0.604. The van der Waals surface area contributed by atoms with E-state index < -0.39 is 11.7 Å². The largest absolute Gasteiger partial charge is 0.495 e. The second kappa shape index (κ2) is 9.19. The maximum absolute atomic E-state index is 12.2. The fraction of sp³-hybridized carbons (Fsp3) is 0.417. The van der Waals surface area contributed by atoms with Gasteiger partial charge in [0.15, 0.2) is 0 Å². The predicted molar refractivity (Wildman–Crippen MR) is 128 cm³/mol. The molecule has 1 amide bonds. The number of nitrogens with zero attached hydrogens (tertiary/aromatic N) is 5. The van der Waals surface area contributed by atoms with E-state index in [1.807, 2.05) is 39.0 Å². The maximum atomic E-state index is 12.2. The number of hydrogen-bond acceptors (Lipinski definition) is 8. The van der Waals surface area contributed by atoms with Gasteiger partial charge in [0.25, 0.3) is 0 Å². The molecule has 0 bridgehead atoms. The normalized spacial score (nSPS) is 18.4. The SMILES string of the molecule is COc1cc(-c2ccc(N3CC[C@H](N)[C@H](NC(=O)OC(C)(C)C)C3)nc2)c2c(C#N)cnn2c1. The molecule has 3 aromatic heterocycles. The number of anilines is 1. The standard InChI is InChI=1S/C24H29N7O3/c1-24(2,3)34-23(32)29-20-14-30(8-7-19(20)26)21-6-5-15(11-27-21)18-9-17(33-4)13-31-22(18)16(10-25)12-28-31/h5-6,9,11-13,19-20H,7-8,14,26H2,1-4H3,(H,29,32)/t19-,20+/m0/s1. The van der Waals surface area contributed by atoms with Crippen LogP contribution < -0.4 is 20.7 Å². The van der Waals surface area contributed by atoms with E-state index in [0.717, 1.165) is 23.5 Å². The van der Waals surface area contributed by atoms with Crippen LogP contribution in [-0.4, -0.2) is 58.6 Å². The third-order valence-corrected chi connectivity index (χ3v) is 5.69. The second-order valence-electron chi connectivity index (χ2n) is 9.31. The lowest BCUT2D eigenvalue weighted by atomic mass is 10.00. The van der Waals surface area contributed by atoms with Crippen LogP contribution in [0.25, 0.3) is 16.6 Å². The van der Waals surface area contributed by atoms with Crippen LogP contribution >= 0.6 is 0 Å². The van der Waals surface area contributed by atoms with Gasteiger partial charge in [0.2, 0.25) is 0 Å². The Bertz CT molecular complexity index is 1220. The number of piperidine rings is 1. The molecule has 0 saturated carbocycles. The predicted octanol–water partition coefficient (Wildman–Crippen LogP) is 2.71. The van der Waals surface area contributed by atoms with Crippen LogP contribution in [0.5, 0.6) is 5.75 Å². The van der Waals surface area contributed by atoms with Crippen molar-refractivity contribution in [3.05, 3.63) is 42.4 Å². The Hall–Kier alpha value is -3.84. The number of aromatic nitrogens is 3. The van der Waals surface area contributed by atoms with Crippen molar-refractivity contribution in [1.29, 1.82) is 5.26 Å². The van der Waals surface area contributed by atoms with Crippen molar-refractivity contribution >= 4 is 17.4 Å². The van der Waals surface area contributed by atoms with Crippen molar-refractivity contribution < 1.29 is 14.3 Å². The van der Waals surface area contributed by atoms with Gasteiger partial charge in [0.1, 0.15) is 23.2 Å². The van der Waals surface area contributed by atoms with Crippen molar-refractivity contribution in [2.24, 2.45) is 5.73 Å². The van der Waals surface area contributed by atoms with Gasteiger partial charge in [0, 0.05) is 36.5 Å². The highest BCUT2D eigenvalue weighted by Gasteiger charge is 2.30. The minimum absolute atomic E-state index is 0.167. The molecule has 0 radical (unpaired) electrons. The number of nitrogens with one attached hydrogen (secondary N) is 1. The molecular formula is C24H29N7O3. The fourth-order valence-corrected chi connectivity index (χ4v) is 4.03. The molecular weight excluding hydrogens is 434 g/mol. The average molecular weight is 464 g/mol. The molecule has 4 rings (SSSR count). The fourth-order valence-electron chi connectivity index (χ4n) is 4.03. The number of nitriles is 1. The van der Waals surface area contributed by atoms with Crippen molar-refractivity contribution in [3.8, 4) is 22.9 Å². The molecule has 10 nitrogen and oxygen atoms in total. The number of amides is 1. The van der Waals surface area contributed by atoms with Gasteiger partial charge < -0.3 is 25.4 Å². The van der Waals surface area contributed by atoms with Gasteiger partial charge in [-0.2, -0.15) is 10.4 Å². The lowest BCUT2D eigenvalue weighted by molar-refractivity contribution is 0.0493. The molecule has 178 valence electrons. The monoisotopic (exact) mass is 463 g/mol. The third kappa shape index (κ3) is 4.89. The maximum Gasteiger partial charge on any atom is 0.407 e. The van der Waals surface area contributed by atoms with E-state index in [1.165, 1.54) is 6.20 Å². The summed E-state index contributed by atoms with van der Waals surface area (Å²) in [6.45, 7) is 6.72. The first-order chi connectivity index (χ1) is 16.2. The van der Waals surface area contributed by atoms with Crippen molar-refractivity contribution in [2.75, 3.05) is 25.1 Å². The van der Waals surface area contributed by atoms with E-state index in [0.29, 0.717) is 29.8 Å². The molecule has 0 aromatic carbocycles. The molecule has 0 unspecified atom stereocenters. The zero-order valence-electron chi connectivity index (χ0n) is 19.8. The number of ether oxygens (including phenoxy) is 2. The lowest BCUT2D eigenvalue weighted by Crippen LogP contribution is -2.59. The van der Waals surface area contributed by atoms with Crippen LogP contribution in [0.1, 0.15) is 32.8 Å². The van der Waals surface area contributed by atoms with E-state index in [9.17, 15) is 10.1 Å². The summed E-state index contributed by atoms with van der Waals surface area (Å²) < 4.78 is 12.4. The highest BCUT2D eigenvalue weighted by molar-refractivity contribution is 5.85. The van der Waals surface area contributed by atoms with Gasteiger partial charge >= 0.3 is 6.09 Å². The average Bonchev–Trinajstić information content (AvgIpc) is 3.22. The molecule has 4 heterocycles. The molecule has 1 aliphatic rings. The second-order valence-corrected chi connectivity index (χ2v) is 9.31. The topological polar surface area (TPSA) is 131 Å². The van der Waals surface area contributed by atoms with Crippen LogP contribution in [0, 0.1) is 11.3 Å². The number of nitrogens with two attached hydrogens (primary N) is 1. The van der Waals surface area contributed by atoms with Crippen LogP contribution in [0.2, 0.25) is 0 Å². The van der Waals surface area contributed by atoms with Gasteiger partial charge in [-0.15, -0.1) is 0 Å². The highest BCUT2D eigenvalue weighted by Crippen LogP contribution is 2.31. The Labute approximate surface area is 198 Å². The summed E-state index contributed by atoms with van der Waals surface area (Å²) in [4.78, 5) is 19.0. The Kier molecular flexibility index (Phi) is 6.30. The first kappa shape index (κ1) is 23.3. The molecule has 1 saturated heterocycles. The molecule has 3 N–H and O–H groups in total. The third-order valence-electron chi connectivity index (χ3n) is 5.69. The first-order valence-electron chi connectivity index (χ1n) is 11.1. The van der Waals surface area contributed by atoms with Gasteiger partial charge in [-0.3, -0.25) is 0 Å². The molecule has 3 aromatic rings. The molecule has 1 fully saturated rings. The Morgan fingerprint density at radius 2 is 2.12 bits per heavy atom. The van der Waals surface area contributed by atoms with Gasteiger partial charge in [0.05, 0.1) is 36.6 Å². The summed E-state index contributed by atoms with van der Waals surface area (Å²) in [5.41, 5.74) is 8.50. The minimum atomic E-state index is -0.577. The molecule has 0 aliphatic carbocycles. The molecule has 34 heavy (non-hydrogen) atoms. The van der Waals surface area contributed by atoms with Gasteiger partial charge in [-0.1, -0.05) is 0 Å². The molecule has 10 heteroatoms. The van der Waals surface area contributed by atoms with E-state index >= 15 is 0 Å². The summed E-state index contributed by atoms with van der Waals surface area (Å²) in [5.74, 6) is 1.40. The highest BCUT2D eigenvalue weighted by atomic mass is 16.6. The Morgan fingerprint density at radius 3 is 2.76 bits per heavy atom. The van der Waals surface area contributed by atoms with E-state index in [4.69, 9.17) is 15.2 Å². The van der Waals surface area contributed by atoms with E-state index in [1.54, 1.807) is 24.0 Å². The lowest BCUT2D eigenvalue weighted by Gasteiger charge is -2.38. The van der Waals surface area contributed by atoms with Gasteiger partial charge in [-0.05, 0) is 45.4 Å². The molecule has 0 spiro atoms. The number of carbonyl (C=O) groups is 1. The Morgan fingerprint density at radius 1 is 1.32 bits per heavy atom. The van der Waals surface area contributed by atoms with Crippen LogP contribution in [-0.2, 0) is 4.74 Å². The van der Waals surface area contributed by atoms with Crippen molar-refractivity contribution in [2.45, 2.75) is 44.9 Å². The number of rotatable bonds is 4. The number of hydrogen-bond donors (Lipinski definition) is 2. The number of pyridine rings is 2. The number of methoxy groups -OCH3 is 1. The van der Waals surface area contributed by atoms with E-state index in [-0.39, 0.29) is 12.1 Å². The minimum Gasteiger partial charge on any atom is -0.495 e. The summed E-state index contributed by atoms with van der Waals surface area (Å²) >= 11 is 0. The summed E-state index contributed by atoms with van der Waals surface area (Å²) in [6.07, 6.45) is 5.27. The zero-order chi connectivity index (χ0) is 24.5. The number of carbonyl (C=O) groups excluding carboxylic acids is 1.